The average molecular weight is 387 g/mol. The molecule has 28 heavy (non-hydrogen) atoms. The highest BCUT2D eigenvalue weighted by Gasteiger charge is 2.12. The SMILES string of the molecule is COc1ccc(/C=C/C(=O)OCC(=O)N(C)Cc2ccc(F)cc2)c(OC)c1. The normalized spacial score (nSPS) is 10.6. The number of benzene rings is 2. The zero-order valence-electron chi connectivity index (χ0n) is 16.0. The largest absolute Gasteiger partial charge is 0.497 e. The van der Waals surface area contributed by atoms with Crippen molar-refractivity contribution in [1.29, 1.82) is 0 Å². The van der Waals surface area contributed by atoms with Crippen molar-refractivity contribution in [2.24, 2.45) is 0 Å². The number of hydrogen-bond donors (Lipinski definition) is 0. The van der Waals surface area contributed by atoms with Gasteiger partial charge in [0.25, 0.3) is 5.91 Å². The molecule has 148 valence electrons. The fraction of sp³-hybridized carbons (Fsp3) is 0.238. The number of rotatable bonds is 8. The Labute approximate surface area is 163 Å². The van der Waals surface area contributed by atoms with Crippen LogP contribution < -0.4 is 9.47 Å². The van der Waals surface area contributed by atoms with E-state index in [1.165, 1.54) is 36.3 Å². The molecule has 0 aliphatic carbocycles. The van der Waals surface area contributed by atoms with Gasteiger partial charge in [-0.2, -0.15) is 0 Å². The molecular weight excluding hydrogens is 365 g/mol. The predicted octanol–water partition coefficient (Wildman–Crippen LogP) is 3.06. The molecule has 0 aliphatic heterocycles. The van der Waals surface area contributed by atoms with Gasteiger partial charge < -0.3 is 19.1 Å². The van der Waals surface area contributed by atoms with Gasteiger partial charge in [0.05, 0.1) is 14.2 Å². The van der Waals surface area contributed by atoms with Gasteiger partial charge in [0, 0.05) is 31.3 Å². The van der Waals surface area contributed by atoms with Crippen LogP contribution in [0.4, 0.5) is 4.39 Å². The van der Waals surface area contributed by atoms with Crippen molar-refractivity contribution >= 4 is 18.0 Å². The van der Waals surface area contributed by atoms with E-state index >= 15 is 0 Å². The molecule has 6 nitrogen and oxygen atoms in total. The van der Waals surface area contributed by atoms with Crippen molar-refractivity contribution in [2.75, 3.05) is 27.9 Å². The predicted molar refractivity (Wildman–Crippen MR) is 102 cm³/mol. The fourth-order valence-electron chi connectivity index (χ4n) is 2.36. The smallest absolute Gasteiger partial charge is 0.331 e. The maximum Gasteiger partial charge on any atom is 0.331 e. The first-order valence-electron chi connectivity index (χ1n) is 8.48. The standard InChI is InChI=1S/C21H22FNO5/c1-23(13-15-4-8-17(22)9-5-15)20(24)14-28-21(25)11-7-16-6-10-18(26-2)12-19(16)27-3/h4-12H,13-14H2,1-3H3/b11-7+. The molecule has 0 fully saturated rings. The zero-order valence-corrected chi connectivity index (χ0v) is 16.0. The molecule has 2 aromatic rings. The number of ether oxygens (including phenoxy) is 3. The molecule has 0 aliphatic rings. The lowest BCUT2D eigenvalue weighted by Crippen LogP contribution is -2.30. The second-order valence-corrected chi connectivity index (χ2v) is 5.93. The van der Waals surface area contributed by atoms with E-state index in [-0.39, 0.29) is 24.9 Å². The van der Waals surface area contributed by atoms with Crippen LogP contribution in [0.25, 0.3) is 6.08 Å². The lowest BCUT2D eigenvalue weighted by molar-refractivity contribution is -0.147. The van der Waals surface area contributed by atoms with Crippen LogP contribution in [0, 0.1) is 5.82 Å². The van der Waals surface area contributed by atoms with E-state index in [2.05, 4.69) is 0 Å². The summed E-state index contributed by atoms with van der Waals surface area (Å²) in [7, 11) is 4.64. The topological polar surface area (TPSA) is 65.1 Å². The van der Waals surface area contributed by atoms with E-state index in [0.717, 1.165) is 5.56 Å². The number of methoxy groups -OCH3 is 2. The van der Waals surface area contributed by atoms with Crippen LogP contribution in [-0.2, 0) is 20.9 Å². The Hall–Kier alpha value is -3.35. The van der Waals surface area contributed by atoms with Gasteiger partial charge in [0.2, 0.25) is 0 Å². The van der Waals surface area contributed by atoms with Crippen molar-refractivity contribution in [3.8, 4) is 11.5 Å². The van der Waals surface area contributed by atoms with E-state index in [9.17, 15) is 14.0 Å². The Morgan fingerprint density at radius 2 is 1.79 bits per heavy atom. The van der Waals surface area contributed by atoms with Gasteiger partial charge >= 0.3 is 5.97 Å². The van der Waals surface area contributed by atoms with E-state index in [1.54, 1.807) is 44.5 Å². The van der Waals surface area contributed by atoms with Gasteiger partial charge in [0.1, 0.15) is 17.3 Å². The third-order valence-corrected chi connectivity index (χ3v) is 3.94. The molecule has 2 rings (SSSR count). The van der Waals surface area contributed by atoms with E-state index < -0.39 is 5.97 Å². The van der Waals surface area contributed by atoms with E-state index in [0.29, 0.717) is 17.1 Å². The Balaban J connectivity index is 1.86. The molecule has 0 saturated heterocycles. The second-order valence-electron chi connectivity index (χ2n) is 5.93. The number of carbonyl (C=O) groups excluding carboxylic acids is 2. The minimum Gasteiger partial charge on any atom is -0.497 e. The summed E-state index contributed by atoms with van der Waals surface area (Å²) in [6.07, 6.45) is 2.75. The Bertz CT molecular complexity index is 848. The molecule has 0 unspecified atom stereocenters. The summed E-state index contributed by atoms with van der Waals surface area (Å²) in [6, 6.07) is 11.0. The molecule has 0 saturated carbocycles. The maximum atomic E-state index is 12.9. The summed E-state index contributed by atoms with van der Waals surface area (Å²) in [5, 5.41) is 0. The van der Waals surface area contributed by atoms with Gasteiger partial charge in [-0.25, -0.2) is 9.18 Å². The lowest BCUT2D eigenvalue weighted by Gasteiger charge is -2.17. The van der Waals surface area contributed by atoms with Gasteiger partial charge in [-0.15, -0.1) is 0 Å². The lowest BCUT2D eigenvalue weighted by atomic mass is 10.2. The Kier molecular flexibility index (Phi) is 7.56. The maximum absolute atomic E-state index is 12.9. The minimum atomic E-state index is -0.651. The van der Waals surface area contributed by atoms with Gasteiger partial charge in [-0.3, -0.25) is 4.79 Å². The minimum absolute atomic E-state index is 0.287. The highest BCUT2D eigenvalue weighted by molar-refractivity contribution is 5.89. The molecule has 0 bridgehead atoms. The van der Waals surface area contributed by atoms with Crippen LogP contribution in [0.15, 0.2) is 48.5 Å². The van der Waals surface area contributed by atoms with Crippen LogP contribution >= 0.6 is 0 Å². The number of nitrogens with zero attached hydrogens (tertiary/aromatic N) is 1. The van der Waals surface area contributed by atoms with Crippen LogP contribution in [0.2, 0.25) is 0 Å². The Morgan fingerprint density at radius 3 is 2.43 bits per heavy atom. The first-order chi connectivity index (χ1) is 13.4. The van der Waals surface area contributed by atoms with Gasteiger partial charge in [-0.05, 0) is 35.9 Å². The van der Waals surface area contributed by atoms with Crippen molar-refractivity contribution in [2.45, 2.75) is 6.54 Å². The number of esters is 1. The summed E-state index contributed by atoms with van der Waals surface area (Å²) in [6.45, 7) is -0.101. The third-order valence-electron chi connectivity index (χ3n) is 3.94. The highest BCUT2D eigenvalue weighted by atomic mass is 19.1. The monoisotopic (exact) mass is 387 g/mol. The summed E-state index contributed by atoms with van der Waals surface area (Å²) < 4.78 is 28.3. The quantitative estimate of drug-likeness (QED) is 0.515. The molecule has 0 radical (unpaired) electrons. The van der Waals surface area contributed by atoms with Crippen LogP contribution in [-0.4, -0.2) is 44.7 Å². The van der Waals surface area contributed by atoms with Gasteiger partial charge in [-0.1, -0.05) is 12.1 Å². The van der Waals surface area contributed by atoms with Crippen molar-refractivity contribution < 1.29 is 28.2 Å². The zero-order chi connectivity index (χ0) is 20.5. The van der Waals surface area contributed by atoms with Crippen LogP contribution in [0.3, 0.4) is 0 Å². The molecule has 0 aromatic heterocycles. The van der Waals surface area contributed by atoms with Crippen LogP contribution in [0.5, 0.6) is 11.5 Å². The average Bonchev–Trinajstić information content (AvgIpc) is 2.71. The highest BCUT2D eigenvalue weighted by Crippen LogP contribution is 2.25. The van der Waals surface area contributed by atoms with Crippen molar-refractivity contribution in [1.82, 2.24) is 4.90 Å². The molecule has 2 aromatic carbocycles. The second kappa shape index (κ2) is 10.1. The number of hydrogen-bond acceptors (Lipinski definition) is 5. The van der Waals surface area contributed by atoms with Crippen molar-refractivity contribution in [3.63, 3.8) is 0 Å². The molecule has 1 amide bonds. The molecule has 0 atom stereocenters. The molecule has 0 N–H and O–H groups in total. The van der Waals surface area contributed by atoms with E-state index in [4.69, 9.17) is 14.2 Å². The summed E-state index contributed by atoms with van der Waals surface area (Å²) in [5.74, 6) is -0.189. The fourth-order valence-corrected chi connectivity index (χ4v) is 2.36. The molecule has 0 spiro atoms. The third kappa shape index (κ3) is 6.12. The first-order valence-corrected chi connectivity index (χ1v) is 8.48. The number of carbonyl (C=O) groups is 2. The molecule has 0 heterocycles. The summed E-state index contributed by atoms with van der Waals surface area (Å²) in [4.78, 5) is 25.4. The van der Waals surface area contributed by atoms with E-state index in [1.807, 2.05) is 0 Å². The number of halogens is 1. The van der Waals surface area contributed by atoms with Gasteiger partial charge in [0.15, 0.2) is 6.61 Å². The number of likely N-dealkylation sites (N-methyl/N-ethyl adjacent to an activating group) is 1. The first kappa shape index (κ1) is 21.0. The Morgan fingerprint density at radius 1 is 1.07 bits per heavy atom. The molecule has 7 heteroatoms. The molecular formula is C21H22FNO5. The summed E-state index contributed by atoms with van der Waals surface area (Å²) in [5.41, 5.74) is 1.44. The van der Waals surface area contributed by atoms with Crippen LogP contribution in [0.1, 0.15) is 11.1 Å². The summed E-state index contributed by atoms with van der Waals surface area (Å²) >= 11 is 0. The van der Waals surface area contributed by atoms with Crippen molar-refractivity contribution in [3.05, 3.63) is 65.5 Å². The number of amides is 1.